The fourth-order valence-corrected chi connectivity index (χ4v) is 2.04. The smallest absolute Gasteiger partial charge is 0.253 e. The summed E-state index contributed by atoms with van der Waals surface area (Å²) in [5.41, 5.74) is -0.253. The van der Waals surface area contributed by atoms with E-state index in [-0.39, 0.29) is 6.10 Å². The van der Waals surface area contributed by atoms with Crippen molar-refractivity contribution in [3.8, 4) is 5.75 Å². The topological polar surface area (TPSA) is 34.1 Å². The molecule has 1 aromatic carbocycles. The van der Waals surface area contributed by atoms with Crippen molar-refractivity contribution in [2.75, 3.05) is 5.32 Å². The lowest BCUT2D eigenvalue weighted by molar-refractivity contribution is 0.242. The van der Waals surface area contributed by atoms with Crippen molar-refractivity contribution in [2.24, 2.45) is 0 Å². The van der Waals surface area contributed by atoms with Gasteiger partial charge in [-0.15, -0.1) is 0 Å². The normalized spacial score (nSPS) is 12.3. The number of ether oxygens (including phenoxy) is 1. The molecule has 2 aromatic rings. The monoisotopic (exact) mass is 328 g/mol. The van der Waals surface area contributed by atoms with Crippen LogP contribution in [0.3, 0.4) is 0 Å². The second-order valence-corrected chi connectivity index (χ2v) is 5.30. The van der Waals surface area contributed by atoms with Crippen LogP contribution < -0.4 is 10.1 Å². The molecule has 0 amide bonds. The van der Waals surface area contributed by atoms with Crippen molar-refractivity contribution in [1.82, 2.24) is 4.98 Å². The van der Waals surface area contributed by atoms with Crippen LogP contribution in [0, 0.1) is 23.5 Å². The molecule has 0 bridgehead atoms. The van der Waals surface area contributed by atoms with Gasteiger partial charge in [0, 0.05) is 6.04 Å². The Kier molecular flexibility index (Phi) is 5.08. The van der Waals surface area contributed by atoms with E-state index < -0.39 is 35.3 Å². The largest absolute Gasteiger partial charge is 0.491 e. The van der Waals surface area contributed by atoms with Gasteiger partial charge in [0.1, 0.15) is 11.4 Å². The van der Waals surface area contributed by atoms with E-state index in [1.807, 2.05) is 13.8 Å². The molecular weight excluding hydrogens is 312 g/mol. The molecule has 2 rings (SSSR count). The molecule has 0 saturated heterocycles. The van der Waals surface area contributed by atoms with Gasteiger partial charge in [0.15, 0.2) is 0 Å². The molecule has 1 aromatic heterocycles. The van der Waals surface area contributed by atoms with E-state index in [2.05, 4.69) is 10.3 Å². The van der Waals surface area contributed by atoms with Crippen molar-refractivity contribution >= 4 is 5.69 Å². The fourth-order valence-electron chi connectivity index (χ4n) is 2.04. The van der Waals surface area contributed by atoms with E-state index in [0.717, 1.165) is 0 Å². The maximum Gasteiger partial charge on any atom is 0.253 e. The molecule has 3 nitrogen and oxygen atoms in total. The van der Waals surface area contributed by atoms with Crippen LogP contribution in [0.4, 0.5) is 23.2 Å². The number of rotatable bonds is 5. The Labute approximate surface area is 131 Å². The molecule has 0 aliphatic rings. The Morgan fingerprint density at radius 1 is 1.00 bits per heavy atom. The Balaban J connectivity index is 2.28. The predicted octanol–water partition coefficient (Wildman–Crippen LogP) is 4.60. The third-order valence-corrected chi connectivity index (χ3v) is 3.09. The molecular formula is C16H16F4N2O. The van der Waals surface area contributed by atoms with Crippen molar-refractivity contribution in [2.45, 2.75) is 32.9 Å². The highest BCUT2D eigenvalue weighted by molar-refractivity contribution is 5.48. The van der Waals surface area contributed by atoms with Crippen LogP contribution in [-0.4, -0.2) is 11.1 Å². The van der Waals surface area contributed by atoms with Gasteiger partial charge in [0.25, 0.3) is 11.9 Å². The summed E-state index contributed by atoms with van der Waals surface area (Å²) >= 11 is 0. The molecule has 0 radical (unpaired) electrons. The fraction of sp³-hybridized carbons (Fsp3) is 0.312. The molecule has 7 heteroatoms. The van der Waals surface area contributed by atoms with Crippen LogP contribution in [0.1, 0.15) is 32.4 Å². The molecule has 124 valence electrons. The molecule has 1 heterocycles. The summed E-state index contributed by atoms with van der Waals surface area (Å²) in [6, 6.07) is 6.22. The first-order chi connectivity index (χ1) is 10.8. The van der Waals surface area contributed by atoms with Crippen molar-refractivity contribution in [3.63, 3.8) is 0 Å². The van der Waals surface area contributed by atoms with Crippen LogP contribution in [-0.2, 0) is 0 Å². The van der Waals surface area contributed by atoms with E-state index in [4.69, 9.17) is 4.74 Å². The lowest BCUT2D eigenvalue weighted by Crippen LogP contribution is -2.13. The molecule has 0 fully saturated rings. The van der Waals surface area contributed by atoms with E-state index in [1.165, 1.54) is 0 Å². The minimum absolute atomic E-state index is 0.0354. The summed E-state index contributed by atoms with van der Waals surface area (Å²) in [4.78, 5) is 2.52. The zero-order valence-corrected chi connectivity index (χ0v) is 12.8. The second kappa shape index (κ2) is 6.85. The summed E-state index contributed by atoms with van der Waals surface area (Å²) in [6.45, 7) is 5.33. The molecule has 0 saturated carbocycles. The summed E-state index contributed by atoms with van der Waals surface area (Å²) in [6.07, 6.45) is -0.0354. The van der Waals surface area contributed by atoms with Gasteiger partial charge in [-0.25, -0.2) is 0 Å². The molecule has 1 unspecified atom stereocenters. The Bertz CT molecular complexity index is 680. The van der Waals surface area contributed by atoms with E-state index in [9.17, 15) is 17.6 Å². The number of anilines is 1. The van der Waals surface area contributed by atoms with Crippen LogP contribution in [0.5, 0.6) is 5.75 Å². The lowest BCUT2D eigenvalue weighted by Gasteiger charge is -2.18. The number of nitrogens with one attached hydrogen (secondary N) is 1. The summed E-state index contributed by atoms with van der Waals surface area (Å²) < 4.78 is 59.1. The van der Waals surface area contributed by atoms with E-state index in [1.54, 1.807) is 31.2 Å². The number of halogens is 4. The molecule has 0 aliphatic heterocycles. The Morgan fingerprint density at radius 2 is 1.61 bits per heavy atom. The van der Waals surface area contributed by atoms with Gasteiger partial charge in [0.05, 0.1) is 6.10 Å². The minimum Gasteiger partial charge on any atom is -0.491 e. The van der Waals surface area contributed by atoms with Gasteiger partial charge in [-0.3, -0.25) is 0 Å². The SMILES string of the molecule is CC(C)Oc1cccc(C(C)Nc2c(F)c(F)nc(F)c2F)c1. The number of hydrogen-bond acceptors (Lipinski definition) is 3. The van der Waals surface area contributed by atoms with Crippen LogP contribution >= 0.6 is 0 Å². The number of aromatic nitrogens is 1. The van der Waals surface area contributed by atoms with Crippen LogP contribution in [0.25, 0.3) is 0 Å². The molecule has 0 aliphatic carbocycles. The van der Waals surface area contributed by atoms with Gasteiger partial charge in [-0.1, -0.05) is 12.1 Å². The quantitative estimate of drug-likeness (QED) is 0.643. The van der Waals surface area contributed by atoms with E-state index in [0.29, 0.717) is 11.3 Å². The average Bonchev–Trinajstić information content (AvgIpc) is 2.49. The van der Waals surface area contributed by atoms with Crippen molar-refractivity contribution in [3.05, 3.63) is 53.4 Å². The number of hydrogen-bond donors (Lipinski definition) is 1. The predicted molar refractivity (Wildman–Crippen MR) is 78.3 cm³/mol. The second-order valence-electron chi connectivity index (χ2n) is 5.30. The summed E-state index contributed by atoms with van der Waals surface area (Å²) in [5, 5.41) is 2.43. The summed E-state index contributed by atoms with van der Waals surface area (Å²) in [7, 11) is 0. The Morgan fingerprint density at radius 3 is 2.17 bits per heavy atom. The van der Waals surface area contributed by atoms with Crippen LogP contribution in [0.2, 0.25) is 0 Å². The first-order valence-electron chi connectivity index (χ1n) is 7.02. The third kappa shape index (κ3) is 3.91. The van der Waals surface area contributed by atoms with Gasteiger partial charge in [-0.2, -0.15) is 22.5 Å². The first-order valence-corrected chi connectivity index (χ1v) is 7.02. The number of nitrogens with zero attached hydrogens (tertiary/aromatic N) is 1. The lowest BCUT2D eigenvalue weighted by atomic mass is 10.1. The Hall–Kier alpha value is -2.31. The van der Waals surface area contributed by atoms with Crippen LogP contribution in [0.15, 0.2) is 24.3 Å². The minimum atomic E-state index is -1.70. The zero-order valence-electron chi connectivity index (χ0n) is 12.8. The van der Waals surface area contributed by atoms with Gasteiger partial charge in [0.2, 0.25) is 11.6 Å². The van der Waals surface area contributed by atoms with Crippen molar-refractivity contribution < 1.29 is 22.3 Å². The average molecular weight is 328 g/mol. The molecule has 1 N–H and O–H groups in total. The van der Waals surface area contributed by atoms with Gasteiger partial charge >= 0.3 is 0 Å². The highest BCUT2D eigenvalue weighted by atomic mass is 19.2. The molecule has 23 heavy (non-hydrogen) atoms. The number of benzene rings is 1. The first kappa shape index (κ1) is 17.1. The molecule has 1 atom stereocenters. The third-order valence-electron chi connectivity index (χ3n) is 3.09. The van der Waals surface area contributed by atoms with Gasteiger partial charge < -0.3 is 10.1 Å². The zero-order chi connectivity index (χ0) is 17.1. The van der Waals surface area contributed by atoms with Crippen molar-refractivity contribution in [1.29, 1.82) is 0 Å². The number of pyridine rings is 1. The standard InChI is InChI=1S/C16H16F4N2O/c1-8(2)23-11-6-4-5-10(7-11)9(3)21-14-12(17)15(19)22-16(20)13(14)18/h4-9H,1-3H3,(H,21,22). The summed E-state index contributed by atoms with van der Waals surface area (Å²) in [5.74, 6) is -5.94. The molecule has 0 spiro atoms. The highest BCUT2D eigenvalue weighted by Gasteiger charge is 2.22. The van der Waals surface area contributed by atoms with E-state index >= 15 is 0 Å². The van der Waals surface area contributed by atoms with Gasteiger partial charge in [-0.05, 0) is 38.5 Å². The maximum atomic E-state index is 13.6. The highest BCUT2D eigenvalue weighted by Crippen LogP contribution is 2.28. The maximum absolute atomic E-state index is 13.6.